The molecule has 4 aromatic rings. The number of rotatable bonds is 0. The van der Waals surface area contributed by atoms with Gasteiger partial charge in [-0.25, -0.2) is 0 Å². The van der Waals surface area contributed by atoms with Gasteiger partial charge in [0.05, 0.1) is 5.56 Å². The molecule has 19 heavy (non-hydrogen) atoms. The number of aromatic nitrogens is 3. The highest BCUT2D eigenvalue weighted by atomic mass is 15.4. The first kappa shape index (κ1) is 8.64. The van der Waals surface area contributed by atoms with E-state index in [1.54, 1.807) is 0 Å². The highest BCUT2D eigenvalue weighted by Gasteiger charge is 2.40. The van der Waals surface area contributed by atoms with Crippen LogP contribution in [0, 0.1) is 0 Å². The third kappa shape index (κ3) is 0.758. The molecule has 0 fully saturated rings. The Morgan fingerprint density at radius 1 is 0.895 bits per heavy atom. The predicted molar refractivity (Wildman–Crippen MR) is 71.0 cm³/mol. The van der Waals surface area contributed by atoms with Gasteiger partial charge >= 0.3 is 12.0 Å². The van der Waals surface area contributed by atoms with Crippen LogP contribution in [0.3, 0.4) is 0 Å². The molecule has 0 atom stereocenters. The molecule has 0 radical (unpaired) electrons. The summed E-state index contributed by atoms with van der Waals surface area (Å²) in [5.74, 6) is 0. The number of pyridine rings is 1. The van der Waals surface area contributed by atoms with E-state index >= 15 is 0 Å². The molecule has 0 amide bonds. The van der Waals surface area contributed by atoms with E-state index in [1.165, 1.54) is 38.4 Å². The molecule has 0 spiro atoms. The number of hydrogen-bond acceptors (Lipinski definition) is 0. The van der Waals surface area contributed by atoms with Gasteiger partial charge in [-0.2, -0.15) is 0 Å². The van der Waals surface area contributed by atoms with Gasteiger partial charge in [-0.3, -0.25) is 0 Å². The van der Waals surface area contributed by atoms with Gasteiger partial charge in [0.15, 0.2) is 6.54 Å². The van der Waals surface area contributed by atoms with Crippen LogP contribution in [0.25, 0.3) is 27.3 Å². The smallest absolute Gasteiger partial charge is 0.149 e. The van der Waals surface area contributed by atoms with Crippen LogP contribution in [-0.4, -0.2) is 4.52 Å². The largest absolute Gasteiger partial charge is 0.397 e. The lowest BCUT2D eigenvalue weighted by molar-refractivity contribution is -0.806. The Morgan fingerprint density at radius 2 is 1.74 bits per heavy atom. The van der Waals surface area contributed by atoms with Crippen molar-refractivity contribution in [1.29, 1.82) is 0 Å². The minimum Gasteiger partial charge on any atom is -0.149 e. The van der Waals surface area contributed by atoms with Crippen molar-refractivity contribution >= 4 is 27.3 Å². The molecular weight excluding hydrogens is 234 g/mol. The van der Waals surface area contributed by atoms with Gasteiger partial charge in [-0.15, -0.1) is 4.57 Å². The quantitative estimate of drug-likeness (QED) is 0.284. The molecule has 2 aliphatic heterocycles. The van der Waals surface area contributed by atoms with Crippen molar-refractivity contribution in [1.82, 2.24) is 4.52 Å². The molecular formula is C16H11N3+2. The molecule has 3 heteroatoms. The molecule has 0 unspecified atom stereocenters. The third-order valence-corrected chi connectivity index (χ3v) is 4.67. The normalized spacial score (nSPS) is 14.9. The van der Waals surface area contributed by atoms with Crippen molar-refractivity contribution in [2.24, 2.45) is 0 Å². The van der Waals surface area contributed by atoms with E-state index in [2.05, 4.69) is 56.5 Å². The summed E-state index contributed by atoms with van der Waals surface area (Å²) < 4.78 is 7.12. The first-order valence-electron chi connectivity index (χ1n) is 6.71. The second-order valence-electron chi connectivity index (χ2n) is 5.63. The lowest BCUT2D eigenvalue weighted by atomic mass is 10.0. The van der Waals surface area contributed by atoms with Gasteiger partial charge in [0, 0.05) is 20.9 Å². The van der Waals surface area contributed by atoms with Gasteiger partial charge < -0.3 is 0 Å². The Kier molecular flexibility index (Phi) is 1.13. The molecule has 2 aliphatic rings. The summed E-state index contributed by atoms with van der Waals surface area (Å²) >= 11 is 0. The minimum atomic E-state index is 0.993. The highest BCUT2D eigenvalue weighted by molar-refractivity contribution is 6.13. The molecule has 2 aromatic carbocycles. The lowest BCUT2D eigenvalue weighted by Crippen LogP contribution is -2.39. The second-order valence-corrected chi connectivity index (χ2v) is 5.63. The molecule has 0 saturated heterocycles. The van der Waals surface area contributed by atoms with Crippen LogP contribution in [0.5, 0.6) is 0 Å². The number of para-hydroxylation sites is 1. The van der Waals surface area contributed by atoms with E-state index in [4.69, 9.17) is 0 Å². The van der Waals surface area contributed by atoms with Gasteiger partial charge in [0.1, 0.15) is 11.9 Å². The van der Waals surface area contributed by atoms with E-state index in [1.807, 2.05) is 0 Å². The van der Waals surface area contributed by atoms with Crippen molar-refractivity contribution in [2.45, 2.75) is 13.1 Å². The molecule has 0 aliphatic carbocycles. The average Bonchev–Trinajstić information content (AvgIpc) is 3.04. The molecule has 0 saturated carbocycles. The number of fused-ring (bicyclic) bond motifs is 1. The maximum absolute atomic E-state index is 2.41. The van der Waals surface area contributed by atoms with Gasteiger partial charge in [0.2, 0.25) is 5.52 Å². The van der Waals surface area contributed by atoms with Crippen LogP contribution in [0.4, 0.5) is 0 Å². The van der Waals surface area contributed by atoms with Crippen LogP contribution < -0.4 is 9.25 Å². The summed E-state index contributed by atoms with van der Waals surface area (Å²) in [6.07, 6.45) is 2.26. The van der Waals surface area contributed by atoms with Gasteiger partial charge in [-0.1, -0.05) is 24.3 Å². The van der Waals surface area contributed by atoms with E-state index in [0.29, 0.717) is 0 Å². The molecule has 0 bridgehead atoms. The number of benzene rings is 2. The number of hydrogen-bond donors (Lipinski definition) is 0. The molecule has 0 N–H and O–H groups in total. The van der Waals surface area contributed by atoms with Crippen LogP contribution in [-0.2, 0) is 13.1 Å². The average molecular weight is 245 g/mol. The van der Waals surface area contributed by atoms with Crippen molar-refractivity contribution < 1.29 is 9.25 Å². The first-order chi connectivity index (χ1) is 9.42. The van der Waals surface area contributed by atoms with Crippen molar-refractivity contribution in [3.63, 3.8) is 0 Å². The second kappa shape index (κ2) is 2.48. The monoisotopic (exact) mass is 245 g/mol. The zero-order valence-corrected chi connectivity index (χ0v) is 10.3. The molecule has 88 valence electrons. The van der Waals surface area contributed by atoms with E-state index in [9.17, 15) is 0 Å². The van der Waals surface area contributed by atoms with Crippen molar-refractivity contribution in [3.05, 3.63) is 53.9 Å². The Bertz CT molecular complexity index is 973. The Hall–Kier alpha value is -2.42. The molecule has 2 aromatic heterocycles. The first-order valence-corrected chi connectivity index (χ1v) is 6.71. The number of nitrogens with zero attached hydrogens (tertiary/aromatic N) is 3. The summed E-state index contributed by atoms with van der Waals surface area (Å²) in [6, 6.07) is 13.4. The minimum absolute atomic E-state index is 0.993. The van der Waals surface area contributed by atoms with Crippen molar-refractivity contribution in [3.8, 4) is 0 Å². The third-order valence-electron chi connectivity index (χ3n) is 4.67. The zero-order chi connectivity index (χ0) is 12.1. The van der Waals surface area contributed by atoms with Crippen LogP contribution in [0.1, 0.15) is 11.1 Å². The van der Waals surface area contributed by atoms with Crippen molar-refractivity contribution in [2.75, 3.05) is 0 Å². The van der Waals surface area contributed by atoms with E-state index < -0.39 is 0 Å². The van der Waals surface area contributed by atoms with Gasteiger partial charge in [0.25, 0.3) is 0 Å². The SMILES string of the molecule is c1cc2c3c(c1)c1cccc4c1n1c3[n+](c[n+]1C4)C2. The van der Waals surface area contributed by atoms with Crippen LogP contribution in [0.2, 0.25) is 0 Å². The van der Waals surface area contributed by atoms with E-state index in [-0.39, 0.29) is 0 Å². The molecule has 6 rings (SSSR count). The topological polar surface area (TPSA) is 12.2 Å². The van der Waals surface area contributed by atoms with Crippen LogP contribution >= 0.6 is 0 Å². The van der Waals surface area contributed by atoms with Crippen LogP contribution in [0.15, 0.2) is 42.7 Å². The zero-order valence-electron chi connectivity index (χ0n) is 10.3. The molecule has 4 heterocycles. The lowest BCUT2D eigenvalue weighted by Gasteiger charge is -1.99. The summed E-state index contributed by atoms with van der Waals surface area (Å²) in [4.78, 5) is 0. The fraction of sp³-hybridized carbons (Fsp3) is 0.125. The molecule has 3 nitrogen and oxygen atoms in total. The summed E-state index contributed by atoms with van der Waals surface area (Å²) in [6.45, 7) is 2.00. The maximum atomic E-state index is 2.41. The highest BCUT2D eigenvalue weighted by Crippen LogP contribution is 2.35. The Morgan fingerprint density at radius 3 is 2.68 bits per heavy atom. The van der Waals surface area contributed by atoms with E-state index in [0.717, 1.165) is 13.1 Å². The Balaban J connectivity index is 2.16. The summed E-state index contributed by atoms with van der Waals surface area (Å²) in [7, 11) is 0. The maximum Gasteiger partial charge on any atom is 0.397 e. The fourth-order valence-electron chi connectivity index (χ4n) is 3.99. The van der Waals surface area contributed by atoms with Gasteiger partial charge in [-0.05, 0) is 16.8 Å². The Labute approximate surface area is 108 Å². The predicted octanol–water partition coefficient (Wildman–Crippen LogP) is 1.54. The fourth-order valence-corrected chi connectivity index (χ4v) is 3.99. The summed E-state index contributed by atoms with van der Waals surface area (Å²) in [5.41, 5.74) is 5.64. The summed E-state index contributed by atoms with van der Waals surface area (Å²) in [5, 5.41) is 4.23. The standard InChI is InChI=1S/C16H11N3/c1-3-10-7-17-9-18-8-11-4-2-6-13-12(5-1)14(10)16(17)19(18)15(11)13/h1-6,9H,7-8H2/q+2.